The standard InChI is InChI=1S/C16H23NO2/c1-16(2,3)11-15(18)17-9-5-6-12-10-13(19-4)7-8-14(12)17/h7-8,10H,5-6,9,11H2,1-4H3. The monoisotopic (exact) mass is 261 g/mol. The minimum Gasteiger partial charge on any atom is -0.497 e. The first-order valence-electron chi connectivity index (χ1n) is 6.88. The number of benzene rings is 1. The third kappa shape index (κ3) is 3.28. The number of hydrogen-bond acceptors (Lipinski definition) is 2. The van der Waals surface area contributed by atoms with Gasteiger partial charge in [0.2, 0.25) is 5.91 Å². The van der Waals surface area contributed by atoms with Gasteiger partial charge in [0.25, 0.3) is 0 Å². The lowest BCUT2D eigenvalue weighted by molar-refractivity contribution is -0.120. The van der Waals surface area contributed by atoms with E-state index in [9.17, 15) is 4.79 Å². The Morgan fingerprint density at radius 2 is 2.11 bits per heavy atom. The normalized spacial score (nSPS) is 15.1. The smallest absolute Gasteiger partial charge is 0.227 e. The summed E-state index contributed by atoms with van der Waals surface area (Å²) >= 11 is 0. The quantitative estimate of drug-likeness (QED) is 0.816. The zero-order valence-corrected chi connectivity index (χ0v) is 12.3. The lowest BCUT2D eigenvalue weighted by Crippen LogP contribution is -2.37. The molecule has 1 aromatic carbocycles. The molecule has 3 heteroatoms. The summed E-state index contributed by atoms with van der Waals surface area (Å²) in [5.74, 6) is 1.09. The highest BCUT2D eigenvalue weighted by Crippen LogP contribution is 2.32. The number of anilines is 1. The Kier molecular flexibility index (Phi) is 3.83. The van der Waals surface area contributed by atoms with Crippen LogP contribution in [0.2, 0.25) is 0 Å². The van der Waals surface area contributed by atoms with Crippen LogP contribution in [0.1, 0.15) is 39.2 Å². The van der Waals surface area contributed by atoms with Crippen molar-refractivity contribution in [2.75, 3.05) is 18.6 Å². The molecule has 0 spiro atoms. The number of fused-ring (bicyclic) bond motifs is 1. The Morgan fingerprint density at radius 3 is 2.74 bits per heavy atom. The van der Waals surface area contributed by atoms with Crippen molar-refractivity contribution in [3.63, 3.8) is 0 Å². The largest absolute Gasteiger partial charge is 0.497 e. The van der Waals surface area contributed by atoms with E-state index in [1.54, 1.807) is 7.11 Å². The van der Waals surface area contributed by atoms with Gasteiger partial charge in [-0.25, -0.2) is 0 Å². The fourth-order valence-electron chi connectivity index (χ4n) is 2.51. The molecule has 0 radical (unpaired) electrons. The SMILES string of the molecule is COc1ccc2c(c1)CCCN2C(=O)CC(C)(C)C. The van der Waals surface area contributed by atoms with Gasteiger partial charge in [-0.15, -0.1) is 0 Å². The van der Waals surface area contributed by atoms with Gasteiger partial charge in [-0.3, -0.25) is 4.79 Å². The summed E-state index contributed by atoms with van der Waals surface area (Å²) in [5, 5.41) is 0. The van der Waals surface area contributed by atoms with Crippen LogP contribution >= 0.6 is 0 Å². The summed E-state index contributed by atoms with van der Waals surface area (Å²) in [5.41, 5.74) is 2.30. The average Bonchev–Trinajstić information content (AvgIpc) is 2.35. The van der Waals surface area contributed by atoms with E-state index in [4.69, 9.17) is 4.74 Å². The van der Waals surface area contributed by atoms with E-state index in [0.29, 0.717) is 6.42 Å². The number of nitrogens with zero attached hydrogens (tertiary/aromatic N) is 1. The van der Waals surface area contributed by atoms with Gasteiger partial charge in [0, 0.05) is 18.7 Å². The predicted molar refractivity (Wildman–Crippen MR) is 77.7 cm³/mol. The van der Waals surface area contributed by atoms with Gasteiger partial charge < -0.3 is 9.64 Å². The number of methoxy groups -OCH3 is 1. The Hall–Kier alpha value is -1.51. The minimum absolute atomic E-state index is 0.0289. The van der Waals surface area contributed by atoms with Crippen molar-refractivity contribution in [2.24, 2.45) is 5.41 Å². The van der Waals surface area contributed by atoms with Crippen molar-refractivity contribution >= 4 is 11.6 Å². The van der Waals surface area contributed by atoms with E-state index in [1.165, 1.54) is 5.56 Å². The molecule has 0 aromatic heterocycles. The summed E-state index contributed by atoms with van der Waals surface area (Å²) in [6, 6.07) is 5.99. The fraction of sp³-hybridized carbons (Fsp3) is 0.562. The second-order valence-electron chi connectivity index (χ2n) is 6.38. The summed E-state index contributed by atoms with van der Waals surface area (Å²) in [4.78, 5) is 14.4. The van der Waals surface area contributed by atoms with Crippen molar-refractivity contribution < 1.29 is 9.53 Å². The Balaban J connectivity index is 2.25. The topological polar surface area (TPSA) is 29.5 Å². The molecule has 0 unspecified atom stereocenters. The van der Waals surface area contributed by atoms with E-state index >= 15 is 0 Å². The second-order valence-corrected chi connectivity index (χ2v) is 6.38. The summed E-state index contributed by atoms with van der Waals surface area (Å²) < 4.78 is 5.25. The van der Waals surface area contributed by atoms with Crippen LogP contribution in [0.5, 0.6) is 5.75 Å². The molecule has 1 heterocycles. The zero-order valence-electron chi connectivity index (χ0n) is 12.3. The Morgan fingerprint density at radius 1 is 1.37 bits per heavy atom. The lowest BCUT2D eigenvalue weighted by Gasteiger charge is -2.32. The minimum atomic E-state index is 0.0289. The van der Waals surface area contributed by atoms with Gasteiger partial charge in [0.15, 0.2) is 0 Å². The molecule has 0 aliphatic carbocycles. The molecule has 0 atom stereocenters. The first-order valence-corrected chi connectivity index (χ1v) is 6.88. The highest BCUT2D eigenvalue weighted by atomic mass is 16.5. The Labute approximate surface area is 115 Å². The van der Waals surface area contributed by atoms with E-state index in [-0.39, 0.29) is 11.3 Å². The van der Waals surface area contributed by atoms with Crippen LogP contribution in [0.3, 0.4) is 0 Å². The molecule has 0 saturated heterocycles. The number of carbonyl (C=O) groups excluding carboxylic acids is 1. The maximum Gasteiger partial charge on any atom is 0.227 e. The first-order chi connectivity index (χ1) is 8.90. The predicted octanol–water partition coefficient (Wildman–Crippen LogP) is 3.41. The molecule has 0 saturated carbocycles. The van der Waals surface area contributed by atoms with Crippen LogP contribution < -0.4 is 9.64 Å². The molecule has 1 aromatic rings. The molecule has 1 amide bonds. The maximum atomic E-state index is 12.4. The fourth-order valence-corrected chi connectivity index (χ4v) is 2.51. The lowest BCUT2D eigenvalue weighted by atomic mass is 9.90. The summed E-state index contributed by atoms with van der Waals surface area (Å²) in [6.45, 7) is 7.13. The van der Waals surface area contributed by atoms with Gasteiger partial charge in [-0.2, -0.15) is 0 Å². The number of ether oxygens (including phenoxy) is 1. The molecule has 0 bridgehead atoms. The van der Waals surface area contributed by atoms with E-state index in [2.05, 4.69) is 20.8 Å². The molecular weight excluding hydrogens is 238 g/mol. The number of aryl methyl sites for hydroxylation is 1. The van der Waals surface area contributed by atoms with Crippen LogP contribution in [-0.4, -0.2) is 19.6 Å². The molecule has 2 rings (SSSR count). The second kappa shape index (κ2) is 5.24. The molecule has 1 aliphatic rings. The van der Waals surface area contributed by atoms with Gasteiger partial charge >= 0.3 is 0 Å². The molecule has 3 nitrogen and oxygen atoms in total. The van der Waals surface area contributed by atoms with Gasteiger partial charge in [-0.05, 0) is 42.0 Å². The molecule has 104 valence electrons. The number of rotatable bonds is 2. The van der Waals surface area contributed by atoms with Crippen molar-refractivity contribution in [1.29, 1.82) is 0 Å². The molecule has 19 heavy (non-hydrogen) atoms. The number of amides is 1. The first kappa shape index (κ1) is 13.9. The van der Waals surface area contributed by atoms with Crippen molar-refractivity contribution in [3.8, 4) is 5.75 Å². The molecule has 1 aliphatic heterocycles. The van der Waals surface area contributed by atoms with Gasteiger partial charge in [0.1, 0.15) is 5.75 Å². The molecule has 0 N–H and O–H groups in total. The number of carbonyl (C=O) groups is 1. The van der Waals surface area contributed by atoms with Crippen LogP contribution in [0, 0.1) is 5.41 Å². The van der Waals surface area contributed by atoms with Crippen LogP contribution in [-0.2, 0) is 11.2 Å². The Bertz CT molecular complexity index is 474. The van der Waals surface area contributed by atoms with Crippen molar-refractivity contribution in [1.82, 2.24) is 0 Å². The van der Waals surface area contributed by atoms with Crippen LogP contribution in [0.15, 0.2) is 18.2 Å². The summed E-state index contributed by atoms with van der Waals surface area (Å²) in [7, 11) is 1.67. The van der Waals surface area contributed by atoms with E-state index in [1.807, 2.05) is 23.1 Å². The van der Waals surface area contributed by atoms with Gasteiger partial charge in [-0.1, -0.05) is 20.8 Å². The highest BCUT2D eigenvalue weighted by Gasteiger charge is 2.26. The third-order valence-electron chi connectivity index (χ3n) is 3.39. The number of hydrogen-bond donors (Lipinski definition) is 0. The van der Waals surface area contributed by atoms with E-state index < -0.39 is 0 Å². The molecular formula is C16H23NO2. The average molecular weight is 261 g/mol. The third-order valence-corrected chi connectivity index (χ3v) is 3.39. The van der Waals surface area contributed by atoms with Crippen molar-refractivity contribution in [2.45, 2.75) is 40.0 Å². The highest BCUT2D eigenvalue weighted by molar-refractivity contribution is 5.95. The van der Waals surface area contributed by atoms with Crippen LogP contribution in [0.25, 0.3) is 0 Å². The van der Waals surface area contributed by atoms with Crippen LogP contribution in [0.4, 0.5) is 5.69 Å². The van der Waals surface area contributed by atoms with E-state index in [0.717, 1.165) is 30.8 Å². The molecule has 0 fully saturated rings. The summed E-state index contributed by atoms with van der Waals surface area (Å²) in [6.07, 6.45) is 2.63. The van der Waals surface area contributed by atoms with Gasteiger partial charge in [0.05, 0.1) is 7.11 Å². The van der Waals surface area contributed by atoms with Crippen molar-refractivity contribution in [3.05, 3.63) is 23.8 Å². The zero-order chi connectivity index (χ0) is 14.0. The maximum absolute atomic E-state index is 12.4.